The van der Waals surface area contributed by atoms with Crippen molar-refractivity contribution in [2.45, 2.75) is 133 Å². The van der Waals surface area contributed by atoms with Gasteiger partial charge in [-0.25, -0.2) is 0 Å². The van der Waals surface area contributed by atoms with Crippen molar-refractivity contribution in [2.75, 3.05) is 0 Å². The van der Waals surface area contributed by atoms with Crippen LogP contribution >= 0.6 is 0 Å². The Morgan fingerprint density at radius 3 is 1.65 bits per heavy atom. The maximum absolute atomic E-state index is 10.6. The normalized spacial score (nSPS) is 12.2. The van der Waals surface area contributed by atoms with Gasteiger partial charge in [0.1, 0.15) is 11.5 Å². The molecule has 2 N–H and O–H groups in total. The number of phenolic OH excluding ortho intramolecular Hbond substituents is 2. The summed E-state index contributed by atoms with van der Waals surface area (Å²) in [4.78, 5) is 8.79. The molecular formula is C35H59N2O2Zr-. The topological polar surface area (TPSA) is 65.2 Å². The van der Waals surface area contributed by atoms with E-state index in [0.717, 1.165) is 34.2 Å². The van der Waals surface area contributed by atoms with Gasteiger partial charge in [0.15, 0.2) is 0 Å². The minimum absolute atomic E-state index is 0. The van der Waals surface area contributed by atoms with Crippen LogP contribution in [0.25, 0.3) is 0 Å². The third-order valence-corrected chi connectivity index (χ3v) is 5.86. The zero-order valence-electron chi connectivity index (χ0n) is 28.3. The summed E-state index contributed by atoms with van der Waals surface area (Å²) >= 11 is 0. The van der Waals surface area contributed by atoms with Gasteiger partial charge in [0.2, 0.25) is 0 Å². The van der Waals surface area contributed by atoms with Crippen LogP contribution in [0.1, 0.15) is 129 Å². The molecule has 40 heavy (non-hydrogen) atoms. The van der Waals surface area contributed by atoms with Crippen LogP contribution in [0.3, 0.4) is 0 Å². The van der Waals surface area contributed by atoms with Crippen LogP contribution in [0.2, 0.25) is 0 Å². The van der Waals surface area contributed by atoms with E-state index in [1.54, 1.807) is 6.21 Å². The van der Waals surface area contributed by atoms with E-state index in [1.807, 2.05) is 46.0 Å². The standard InChI is InChI=1S/C19H31NO.C12H17NO.C3H8.CH3.Zr/c1-9-13(2)20-12-14-10-15(18(3,4)5)11-16(17(14)21)19(6,7)8;1-8(2)13-7-11-6-9(3)5-10(4)12(11)14;1-3-2;;/h10-13,21H,9H2,1-8H3;5-8,14H,1-4H3;3H2,1-2H3;1H3;/q;;;-1;. The average molecular weight is 631 g/mol. The van der Waals surface area contributed by atoms with Gasteiger partial charge in [-0.2, -0.15) is 0 Å². The fourth-order valence-electron chi connectivity index (χ4n) is 3.39. The summed E-state index contributed by atoms with van der Waals surface area (Å²) in [5.41, 5.74) is 5.85. The van der Waals surface area contributed by atoms with Gasteiger partial charge < -0.3 is 17.6 Å². The van der Waals surface area contributed by atoms with Gasteiger partial charge in [0, 0.05) is 67.4 Å². The summed E-state index contributed by atoms with van der Waals surface area (Å²) < 4.78 is 0. The molecule has 226 valence electrons. The van der Waals surface area contributed by atoms with Crippen molar-refractivity contribution < 1.29 is 36.4 Å². The number of benzene rings is 2. The monoisotopic (exact) mass is 629 g/mol. The van der Waals surface area contributed by atoms with Gasteiger partial charge >= 0.3 is 0 Å². The number of rotatable bonds is 5. The molecule has 4 nitrogen and oxygen atoms in total. The van der Waals surface area contributed by atoms with Crippen molar-refractivity contribution in [3.8, 4) is 11.5 Å². The van der Waals surface area contributed by atoms with Crippen molar-refractivity contribution in [3.63, 3.8) is 0 Å². The Balaban J connectivity index is -0.000000628. The van der Waals surface area contributed by atoms with Gasteiger partial charge in [0.25, 0.3) is 0 Å². The molecule has 0 spiro atoms. The first-order chi connectivity index (χ1) is 17.4. The van der Waals surface area contributed by atoms with Crippen molar-refractivity contribution in [1.29, 1.82) is 0 Å². The third kappa shape index (κ3) is 15.3. The molecule has 2 aromatic carbocycles. The van der Waals surface area contributed by atoms with E-state index in [0.29, 0.717) is 11.5 Å². The Hall–Kier alpha value is -1.74. The van der Waals surface area contributed by atoms with Crippen molar-refractivity contribution in [1.82, 2.24) is 0 Å². The Morgan fingerprint density at radius 1 is 0.750 bits per heavy atom. The number of aromatic hydroxyl groups is 2. The van der Waals surface area contributed by atoms with Crippen LogP contribution in [-0.4, -0.2) is 34.7 Å². The summed E-state index contributed by atoms with van der Waals surface area (Å²) in [7, 11) is 0. The molecule has 0 radical (unpaired) electrons. The third-order valence-electron chi connectivity index (χ3n) is 5.86. The largest absolute Gasteiger partial charge is 0.507 e. The minimum atomic E-state index is -0.0930. The SMILES string of the molecule is CCC.CCC(C)N=Cc1cc(C(C)(C)C)cc(C(C)(C)C)c1O.Cc1cc(C)c(O)c(C=NC(C)C)c1.[CH3-].[Zr]. The molecule has 0 aliphatic carbocycles. The van der Waals surface area contributed by atoms with Gasteiger partial charge in [-0.3, -0.25) is 9.98 Å². The molecule has 0 aromatic heterocycles. The molecular weight excluding hydrogens is 572 g/mol. The second-order valence-electron chi connectivity index (χ2n) is 12.6. The summed E-state index contributed by atoms with van der Waals surface area (Å²) in [6.45, 7) is 29.4. The zero-order valence-corrected chi connectivity index (χ0v) is 30.8. The Morgan fingerprint density at radius 2 is 1.23 bits per heavy atom. The number of hydrogen-bond acceptors (Lipinski definition) is 4. The number of hydrogen-bond donors (Lipinski definition) is 2. The number of aliphatic imine (C=N–C) groups is 2. The predicted octanol–water partition coefficient (Wildman–Crippen LogP) is 9.91. The van der Waals surface area contributed by atoms with Gasteiger partial charge in [-0.1, -0.05) is 80.9 Å². The van der Waals surface area contributed by atoms with Gasteiger partial charge in [-0.05, 0) is 80.7 Å². The Labute approximate surface area is 267 Å². The molecule has 0 fully saturated rings. The first kappa shape index (κ1) is 42.7. The first-order valence-corrected chi connectivity index (χ1v) is 14.1. The van der Waals surface area contributed by atoms with Crippen molar-refractivity contribution in [2.24, 2.45) is 9.98 Å². The van der Waals surface area contributed by atoms with E-state index in [-0.39, 0.29) is 56.5 Å². The molecule has 0 aliphatic heterocycles. The maximum Gasteiger partial charge on any atom is 0.128 e. The molecule has 2 aromatic rings. The predicted molar refractivity (Wildman–Crippen MR) is 176 cm³/mol. The quantitative estimate of drug-likeness (QED) is 0.255. The molecule has 0 amide bonds. The molecule has 0 aliphatic rings. The number of nitrogens with zero attached hydrogens (tertiary/aromatic N) is 2. The molecule has 0 saturated heterocycles. The second-order valence-corrected chi connectivity index (χ2v) is 12.6. The fraction of sp³-hybridized carbons (Fsp3) is 0.571. The summed E-state index contributed by atoms with van der Waals surface area (Å²) in [5.74, 6) is 0.697. The number of phenols is 2. The number of aryl methyl sites for hydroxylation is 2. The van der Waals surface area contributed by atoms with Crippen LogP contribution in [0.5, 0.6) is 11.5 Å². The fourth-order valence-corrected chi connectivity index (χ4v) is 3.39. The van der Waals surface area contributed by atoms with E-state index in [1.165, 1.54) is 12.0 Å². The zero-order chi connectivity index (χ0) is 29.8. The minimum Gasteiger partial charge on any atom is -0.507 e. The smallest absolute Gasteiger partial charge is 0.128 e. The molecule has 2 rings (SSSR count). The Bertz CT molecular complexity index is 1060. The van der Waals surface area contributed by atoms with Gasteiger partial charge in [-0.15, -0.1) is 0 Å². The van der Waals surface area contributed by atoms with E-state index in [4.69, 9.17) is 0 Å². The molecule has 0 saturated carbocycles. The molecule has 0 heterocycles. The molecule has 1 atom stereocenters. The maximum atomic E-state index is 10.6. The summed E-state index contributed by atoms with van der Waals surface area (Å²) in [6, 6.07) is 8.64. The molecule has 0 bridgehead atoms. The van der Waals surface area contributed by atoms with Crippen LogP contribution in [0.15, 0.2) is 34.3 Å². The summed E-state index contributed by atoms with van der Waals surface area (Å²) in [6.07, 6.45) is 5.82. The van der Waals surface area contributed by atoms with Crippen LogP contribution in [0.4, 0.5) is 0 Å². The second kappa shape index (κ2) is 19.4. The van der Waals surface area contributed by atoms with Crippen LogP contribution < -0.4 is 0 Å². The van der Waals surface area contributed by atoms with Crippen LogP contribution in [-0.2, 0) is 37.0 Å². The molecule has 5 heteroatoms. The average Bonchev–Trinajstić information content (AvgIpc) is 2.78. The first-order valence-electron chi connectivity index (χ1n) is 14.1. The van der Waals surface area contributed by atoms with Crippen LogP contribution in [0, 0.1) is 21.3 Å². The van der Waals surface area contributed by atoms with Crippen molar-refractivity contribution in [3.05, 3.63) is 65.1 Å². The summed E-state index contributed by atoms with van der Waals surface area (Å²) in [5, 5.41) is 20.4. The van der Waals surface area contributed by atoms with Gasteiger partial charge in [0.05, 0.1) is 0 Å². The van der Waals surface area contributed by atoms with E-state index < -0.39 is 0 Å². The molecule has 1 unspecified atom stereocenters. The Kier molecular flexibility index (Phi) is 20.7. The van der Waals surface area contributed by atoms with E-state index in [2.05, 4.69) is 91.4 Å². The van der Waals surface area contributed by atoms with E-state index >= 15 is 0 Å². The van der Waals surface area contributed by atoms with Crippen molar-refractivity contribution >= 4 is 12.4 Å². The van der Waals surface area contributed by atoms with E-state index in [9.17, 15) is 10.2 Å².